The van der Waals surface area contributed by atoms with Gasteiger partial charge in [-0.2, -0.15) is 0 Å². The molecule has 0 fully saturated rings. The predicted molar refractivity (Wildman–Crippen MR) is 72.0 cm³/mol. The van der Waals surface area contributed by atoms with Crippen molar-refractivity contribution in [2.45, 2.75) is 19.9 Å². The van der Waals surface area contributed by atoms with Crippen molar-refractivity contribution in [1.82, 2.24) is 10.2 Å². The molecule has 0 saturated carbocycles. The molecule has 1 rings (SSSR count). The number of likely N-dealkylation sites (N-methyl/N-ethyl adjacent to an activating group) is 1. The first kappa shape index (κ1) is 16.0. The van der Waals surface area contributed by atoms with Gasteiger partial charge < -0.3 is 15.3 Å². The Balaban J connectivity index is 2.55. The SMILES string of the molecule is CCN(CC)CCNC(CO)c1ccc(F)c(F)c1. The summed E-state index contributed by atoms with van der Waals surface area (Å²) in [6.07, 6.45) is 0. The van der Waals surface area contributed by atoms with Crippen LogP contribution in [0.15, 0.2) is 18.2 Å². The van der Waals surface area contributed by atoms with Gasteiger partial charge >= 0.3 is 0 Å². The van der Waals surface area contributed by atoms with Crippen molar-refractivity contribution < 1.29 is 13.9 Å². The molecule has 0 aromatic heterocycles. The van der Waals surface area contributed by atoms with Gasteiger partial charge in [0.2, 0.25) is 0 Å². The number of nitrogens with one attached hydrogen (secondary N) is 1. The number of aliphatic hydroxyl groups excluding tert-OH is 1. The Kier molecular flexibility index (Phi) is 6.91. The fourth-order valence-electron chi connectivity index (χ4n) is 1.95. The zero-order chi connectivity index (χ0) is 14.3. The molecule has 19 heavy (non-hydrogen) atoms. The fourth-order valence-corrected chi connectivity index (χ4v) is 1.95. The first-order valence-electron chi connectivity index (χ1n) is 6.63. The van der Waals surface area contributed by atoms with E-state index in [0.717, 1.165) is 31.8 Å². The number of nitrogens with zero attached hydrogens (tertiary/aromatic N) is 1. The number of rotatable bonds is 8. The summed E-state index contributed by atoms with van der Waals surface area (Å²) in [5.74, 6) is -1.76. The summed E-state index contributed by atoms with van der Waals surface area (Å²) in [5, 5.41) is 12.5. The molecule has 0 radical (unpaired) electrons. The highest BCUT2D eigenvalue weighted by atomic mass is 19.2. The minimum atomic E-state index is -0.888. The van der Waals surface area contributed by atoms with Gasteiger partial charge in [-0.25, -0.2) is 8.78 Å². The third kappa shape index (κ3) is 4.86. The molecule has 0 amide bonds. The van der Waals surface area contributed by atoms with Crippen molar-refractivity contribution in [2.75, 3.05) is 32.8 Å². The molecule has 2 N–H and O–H groups in total. The Morgan fingerprint density at radius 2 is 1.89 bits per heavy atom. The van der Waals surface area contributed by atoms with E-state index in [1.54, 1.807) is 0 Å². The average molecular weight is 272 g/mol. The Bertz CT molecular complexity index is 384. The van der Waals surface area contributed by atoms with Crippen LogP contribution in [-0.4, -0.2) is 42.8 Å². The first-order chi connectivity index (χ1) is 9.12. The van der Waals surface area contributed by atoms with Gasteiger partial charge in [0.05, 0.1) is 12.6 Å². The maximum absolute atomic E-state index is 13.1. The number of benzene rings is 1. The van der Waals surface area contributed by atoms with Gasteiger partial charge in [-0.15, -0.1) is 0 Å². The van der Waals surface area contributed by atoms with Crippen molar-refractivity contribution in [1.29, 1.82) is 0 Å². The average Bonchev–Trinajstić information content (AvgIpc) is 2.42. The van der Waals surface area contributed by atoms with E-state index in [0.29, 0.717) is 12.1 Å². The van der Waals surface area contributed by atoms with Crippen LogP contribution in [0.4, 0.5) is 8.78 Å². The molecule has 0 heterocycles. The second-order valence-electron chi connectivity index (χ2n) is 4.39. The summed E-state index contributed by atoms with van der Waals surface area (Å²) in [6.45, 7) is 7.49. The van der Waals surface area contributed by atoms with E-state index >= 15 is 0 Å². The van der Waals surface area contributed by atoms with E-state index < -0.39 is 11.6 Å². The predicted octanol–water partition coefficient (Wildman–Crippen LogP) is 1.93. The summed E-state index contributed by atoms with van der Waals surface area (Å²) in [7, 11) is 0. The monoisotopic (exact) mass is 272 g/mol. The zero-order valence-electron chi connectivity index (χ0n) is 11.5. The summed E-state index contributed by atoms with van der Waals surface area (Å²) < 4.78 is 26.0. The van der Waals surface area contributed by atoms with Gasteiger partial charge in [-0.05, 0) is 30.8 Å². The van der Waals surface area contributed by atoms with Crippen molar-refractivity contribution in [3.8, 4) is 0 Å². The number of halogens is 2. The highest BCUT2D eigenvalue weighted by Gasteiger charge is 2.12. The summed E-state index contributed by atoms with van der Waals surface area (Å²) in [6, 6.07) is 3.33. The van der Waals surface area contributed by atoms with Crippen molar-refractivity contribution in [3.63, 3.8) is 0 Å². The summed E-state index contributed by atoms with van der Waals surface area (Å²) >= 11 is 0. The minimum absolute atomic E-state index is 0.149. The molecule has 0 bridgehead atoms. The first-order valence-corrected chi connectivity index (χ1v) is 6.63. The molecule has 108 valence electrons. The van der Waals surface area contributed by atoms with Gasteiger partial charge in [0, 0.05) is 13.1 Å². The van der Waals surface area contributed by atoms with Crippen LogP contribution in [0.25, 0.3) is 0 Å². The van der Waals surface area contributed by atoms with Crippen LogP contribution in [0.1, 0.15) is 25.5 Å². The molecule has 1 unspecified atom stereocenters. The maximum Gasteiger partial charge on any atom is 0.159 e. The second kappa shape index (κ2) is 8.19. The number of hydrogen-bond donors (Lipinski definition) is 2. The number of hydrogen-bond acceptors (Lipinski definition) is 3. The lowest BCUT2D eigenvalue weighted by Gasteiger charge is -2.21. The van der Waals surface area contributed by atoms with E-state index in [2.05, 4.69) is 24.1 Å². The minimum Gasteiger partial charge on any atom is -0.394 e. The van der Waals surface area contributed by atoms with Crippen LogP contribution in [0.3, 0.4) is 0 Å². The van der Waals surface area contributed by atoms with Crippen molar-refractivity contribution >= 4 is 0 Å². The molecule has 0 aliphatic rings. The Hall–Kier alpha value is -1.04. The molecule has 0 saturated heterocycles. The lowest BCUT2D eigenvalue weighted by molar-refractivity contribution is 0.233. The van der Waals surface area contributed by atoms with Gasteiger partial charge in [0.25, 0.3) is 0 Å². The molecule has 5 heteroatoms. The molecule has 0 aliphatic heterocycles. The maximum atomic E-state index is 13.1. The standard InChI is InChI=1S/C14H22F2N2O/c1-3-18(4-2)8-7-17-14(10-19)11-5-6-12(15)13(16)9-11/h5-6,9,14,17,19H,3-4,7-8,10H2,1-2H3. The highest BCUT2D eigenvalue weighted by Crippen LogP contribution is 2.15. The van der Waals surface area contributed by atoms with Crippen molar-refractivity contribution in [2.24, 2.45) is 0 Å². The quantitative estimate of drug-likeness (QED) is 0.759. The van der Waals surface area contributed by atoms with Crippen LogP contribution >= 0.6 is 0 Å². The molecule has 3 nitrogen and oxygen atoms in total. The highest BCUT2D eigenvalue weighted by molar-refractivity contribution is 5.21. The van der Waals surface area contributed by atoms with Gasteiger partial charge in [-0.3, -0.25) is 0 Å². The van der Waals surface area contributed by atoms with Crippen LogP contribution in [0, 0.1) is 11.6 Å². The largest absolute Gasteiger partial charge is 0.394 e. The summed E-state index contributed by atoms with van der Waals surface area (Å²) in [4.78, 5) is 2.24. The van der Waals surface area contributed by atoms with Crippen LogP contribution < -0.4 is 5.32 Å². The third-order valence-corrected chi connectivity index (χ3v) is 3.24. The van der Waals surface area contributed by atoms with Crippen LogP contribution in [0.5, 0.6) is 0 Å². The van der Waals surface area contributed by atoms with Crippen LogP contribution in [0.2, 0.25) is 0 Å². The van der Waals surface area contributed by atoms with E-state index in [9.17, 15) is 13.9 Å². The lowest BCUT2D eigenvalue weighted by atomic mass is 10.1. The summed E-state index contributed by atoms with van der Waals surface area (Å²) in [5.41, 5.74) is 0.556. The van der Waals surface area contributed by atoms with E-state index in [1.807, 2.05) is 0 Å². The smallest absolute Gasteiger partial charge is 0.159 e. The molecule has 1 aromatic rings. The third-order valence-electron chi connectivity index (χ3n) is 3.24. The van der Waals surface area contributed by atoms with Gasteiger partial charge in [-0.1, -0.05) is 19.9 Å². The topological polar surface area (TPSA) is 35.5 Å². The Labute approximate surface area is 113 Å². The molecular weight excluding hydrogens is 250 g/mol. The Morgan fingerprint density at radius 3 is 2.42 bits per heavy atom. The van der Waals surface area contributed by atoms with Crippen molar-refractivity contribution in [3.05, 3.63) is 35.4 Å². The van der Waals surface area contributed by atoms with E-state index in [-0.39, 0.29) is 12.6 Å². The molecular formula is C14H22F2N2O. The van der Waals surface area contributed by atoms with Gasteiger partial charge in [0.1, 0.15) is 0 Å². The zero-order valence-corrected chi connectivity index (χ0v) is 11.5. The molecule has 1 aromatic carbocycles. The van der Waals surface area contributed by atoms with Gasteiger partial charge in [0.15, 0.2) is 11.6 Å². The normalized spacial score (nSPS) is 12.9. The molecule has 0 spiro atoms. The molecule has 0 aliphatic carbocycles. The Morgan fingerprint density at radius 1 is 1.21 bits per heavy atom. The van der Waals surface area contributed by atoms with Crippen LogP contribution in [-0.2, 0) is 0 Å². The number of aliphatic hydroxyl groups is 1. The lowest BCUT2D eigenvalue weighted by Crippen LogP contribution is -2.34. The van der Waals surface area contributed by atoms with E-state index in [1.165, 1.54) is 6.07 Å². The fraction of sp³-hybridized carbons (Fsp3) is 0.571. The van der Waals surface area contributed by atoms with E-state index in [4.69, 9.17) is 0 Å². The second-order valence-corrected chi connectivity index (χ2v) is 4.39. The molecule has 1 atom stereocenters.